The molecule has 96 valence electrons. The van der Waals surface area contributed by atoms with Crippen LogP contribution in [0.25, 0.3) is 0 Å². The molecule has 0 bridgehead atoms. The van der Waals surface area contributed by atoms with E-state index in [1.165, 1.54) is 6.07 Å². The fourth-order valence-electron chi connectivity index (χ4n) is 1.66. The summed E-state index contributed by atoms with van der Waals surface area (Å²) >= 11 is 8.91. The second-order valence-electron chi connectivity index (χ2n) is 3.80. The number of nitrogens with one attached hydrogen (secondary N) is 1. The van der Waals surface area contributed by atoms with E-state index in [4.69, 9.17) is 21.9 Å². The van der Waals surface area contributed by atoms with Crippen molar-refractivity contribution in [3.8, 4) is 0 Å². The van der Waals surface area contributed by atoms with Gasteiger partial charge in [-0.25, -0.2) is 9.82 Å². The maximum Gasteiger partial charge on any atom is 0.193 e. The Balaban J connectivity index is 2.20. The number of benzene rings is 1. The molecule has 1 atom stereocenters. The minimum atomic E-state index is -0.326. The summed E-state index contributed by atoms with van der Waals surface area (Å²) in [5, 5.41) is 0.279. The van der Waals surface area contributed by atoms with Gasteiger partial charge in [0.2, 0.25) is 0 Å². The Bertz CT molecular complexity index is 547. The van der Waals surface area contributed by atoms with Crippen LogP contribution in [0.15, 0.2) is 39.2 Å². The predicted octanol–water partition coefficient (Wildman–Crippen LogP) is 3.58. The smallest absolute Gasteiger partial charge is 0.193 e. The molecule has 1 aromatic heterocycles. The predicted molar refractivity (Wildman–Crippen MR) is 71.6 cm³/mol. The van der Waals surface area contributed by atoms with E-state index in [1.54, 1.807) is 24.3 Å². The molecular formula is C12H11BrClFN2O. The molecule has 0 aliphatic heterocycles. The molecule has 1 aromatic carbocycles. The van der Waals surface area contributed by atoms with Crippen LogP contribution in [0.5, 0.6) is 0 Å². The van der Waals surface area contributed by atoms with E-state index in [-0.39, 0.29) is 17.1 Å². The van der Waals surface area contributed by atoms with Crippen LogP contribution in [0.3, 0.4) is 0 Å². The molecule has 3 N–H and O–H groups in total. The van der Waals surface area contributed by atoms with E-state index in [0.717, 1.165) is 0 Å². The quantitative estimate of drug-likeness (QED) is 0.664. The van der Waals surface area contributed by atoms with Crippen LogP contribution in [0.2, 0.25) is 5.22 Å². The molecule has 2 aromatic rings. The van der Waals surface area contributed by atoms with Crippen LogP contribution < -0.4 is 11.3 Å². The maximum absolute atomic E-state index is 13.7. The van der Waals surface area contributed by atoms with Crippen LogP contribution in [0.1, 0.15) is 17.4 Å². The fourth-order valence-corrected chi connectivity index (χ4v) is 2.15. The molecule has 0 spiro atoms. The molecular weight excluding hydrogens is 322 g/mol. The molecule has 0 saturated heterocycles. The highest BCUT2D eigenvalue weighted by Crippen LogP contribution is 2.24. The number of hydrazine groups is 1. The zero-order chi connectivity index (χ0) is 13.1. The Morgan fingerprint density at radius 1 is 1.39 bits per heavy atom. The highest BCUT2D eigenvalue weighted by molar-refractivity contribution is 9.10. The lowest BCUT2D eigenvalue weighted by molar-refractivity contribution is 0.413. The first-order valence-electron chi connectivity index (χ1n) is 5.25. The van der Waals surface area contributed by atoms with Crippen molar-refractivity contribution in [1.29, 1.82) is 0 Å². The van der Waals surface area contributed by atoms with Crippen LogP contribution in [0, 0.1) is 5.82 Å². The van der Waals surface area contributed by atoms with Gasteiger partial charge in [-0.2, -0.15) is 0 Å². The fraction of sp³-hybridized carbons (Fsp3) is 0.167. The van der Waals surface area contributed by atoms with Gasteiger partial charge in [-0.3, -0.25) is 5.84 Å². The van der Waals surface area contributed by atoms with E-state index in [9.17, 15) is 4.39 Å². The van der Waals surface area contributed by atoms with Gasteiger partial charge in [0.15, 0.2) is 5.22 Å². The summed E-state index contributed by atoms with van der Waals surface area (Å²) in [4.78, 5) is 0. The van der Waals surface area contributed by atoms with Crippen molar-refractivity contribution < 1.29 is 8.81 Å². The lowest BCUT2D eigenvalue weighted by Gasteiger charge is -2.13. The molecule has 0 fully saturated rings. The number of hydrogen-bond donors (Lipinski definition) is 2. The summed E-state index contributed by atoms with van der Waals surface area (Å²) < 4.78 is 19.7. The topological polar surface area (TPSA) is 51.2 Å². The summed E-state index contributed by atoms with van der Waals surface area (Å²) in [6, 6.07) is 7.91. The van der Waals surface area contributed by atoms with E-state index < -0.39 is 0 Å². The first-order valence-corrected chi connectivity index (χ1v) is 6.42. The molecule has 1 heterocycles. The summed E-state index contributed by atoms with van der Waals surface area (Å²) in [6.45, 7) is 0. The Morgan fingerprint density at radius 3 is 2.72 bits per heavy atom. The lowest BCUT2D eigenvalue weighted by atomic mass is 10.0. The van der Waals surface area contributed by atoms with E-state index in [0.29, 0.717) is 22.2 Å². The summed E-state index contributed by atoms with van der Waals surface area (Å²) in [7, 11) is 0. The SMILES string of the molecule is NNC(Cc1ccc(Br)cc1F)c1ccc(Cl)o1. The van der Waals surface area contributed by atoms with E-state index >= 15 is 0 Å². The average molecular weight is 334 g/mol. The first-order chi connectivity index (χ1) is 8.60. The zero-order valence-electron chi connectivity index (χ0n) is 9.29. The highest BCUT2D eigenvalue weighted by Gasteiger charge is 2.16. The van der Waals surface area contributed by atoms with Crippen molar-refractivity contribution in [3.63, 3.8) is 0 Å². The third-order valence-corrected chi connectivity index (χ3v) is 3.27. The van der Waals surface area contributed by atoms with Gasteiger partial charge < -0.3 is 4.42 Å². The van der Waals surface area contributed by atoms with Gasteiger partial charge >= 0.3 is 0 Å². The third-order valence-electron chi connectivity index (χ3n) is 2.58. The van der Waals surface area contributed by atoms with Crippen molar-refractivity contribution in [2.75, 3.05) is 0 Å². The highest BCUT2D eigenvalue weighted by atomic mass is 79.9. The lowest BCUT2D eigenvalue weighted by Crippen LogP contribution is -2.29. The Labute approximate surface area is 117 Å². The second kappa shape index (κ2) is 5.84. The minimum Gasteiger partial charge on any atom is -0.448 e. The number of furan rings is 1. The zero-order valence-corrected chi connectivity index (χ0v) is 11.6. The molecule has 0 saturated carbocycles. The standard InChI is InChI=1S/C12H11BrClFN2O/c13-8-2-1-7(9(15)6-8)5-10(17-16)11-3-4-12(14)18-11/h1-4,6,10,17H,5,16H2. The number of halogens is 3. The largest absolute Gasteiger partial charge is 0.448 e. The summed E-state index contributed by atoms with van der Waals surface area (Å²) in [5.74, 6) is 5.74. The van der Waals surface area contributed by atoms with Gasteiger partial charge in [0.25, 0.3) is 0 Å². The first kappa shape index (κ1) is 13.5. The second-order valence-corrected chi connectivity index (χ2v) is 5.09. The van der Waals surface area contributed by atoms with Crippen molar-refractivity contribution in [2.24, 2.45) is 5.84 Å². The molecule has 0 aliphatic rings. The normalized spacial score (nSPS) is 12.7. The van der Waals surface area contributed by atoms with Crippen LogP contribution in [0.4, 0.5) is 4.39 Å². The Morgan fingerprint density at radius 2 is 2.17 bits per heavy atom. The number of rotatable bonds is 4. The molecule has 0 amide bonds. The van der Waals surface area contributed by atoms with Gasteiger partial charge in [-0.15, -0.1) is 0 Å². The third kappa shape index (κ3) is 3.11. The van der Waals surface area contributed by atoms with E-state index in [2.05, 4.69) is 21.4 Å². The monoisotopic (exact) mass is 332 g/mol. The van der Waals surface area contributed by atoms with Gasteiger partial charge in [-0.1, -0.05) is 22.0 Å². The molecule has 18 heavy (non-hydrogen) atoms. The number of nitrogens with two attached hydrogens (primary N) is 1. The van der Waals surface area contributed by atoms with Crippen LogP contribution in [-0.4, -0.2) is 0 Å². The van der Waals surface area contributed by atoms with Gasteiger partial charge in [0, 0.05) is 4.47 Å². The molecule has 0 aliphatic carbocycles. The molecule has 1 unspecified atom stereocenters. The van der Waals surface area contributed by atoms with E-state index in [1.807, 2.05) is 0 Å². The summed E-state index contributed by atoms with van der Waals surface area (Å²) in [5.41, 5.74) is 3.14. The van der Waals surface area contributed by atoms with Crippen molar-refractivity contribution in [1.82, 2.24) is 5.43 Å². The Hall–Kier alpha value is -0.880. The molecule has 3 nitrogen and oxygen atoms in total. The van der Waals surface area contributed by atoms with Crippen molar-refractivity contribution in [2.45, 2.75) is 12.5 Å². The van der Waals surface area contributed by atoms with Gasteiger partial charge in [0.05, 0.1) is 6.04 Å². The van der Waals surface area contributed by atoms with Crippen molar-refractivity contribution in [3.05, 3.63) is 57.2 Å². The van der Waals surface area contributed by atoms with Crippen LogP contribution >= 0.6 is 27.5 Å². The van der Waals surface area contributed by atoms with Gasteiger partial charge in [-0.05, 0) is 47.9 Å². The van der Waals surface area contributed by atoms with Crippen LogP contribution in [-0.2, 0) is 6.42 Å². The maximum atomic E-state index is 13.7. The average Bonchev–Trinajstić information content (AvgIpc) is 2.75. The minimum absolute atomic E-state index is 0.279. The number of hydrogen-bond acceptors (Lipinski definition) is 3. The molecule has 2 rings (SSSR count). The molecule has 6 heteroatoms. The van der Waals surface area contributed by atoms with Crippen molar-refractivity contribution >= 4 is 27.5 Å². The molecule has 0 radical (unpaired) electrons. The van der Waals surface area contributed by atoms with Gasteiger partial charge in [0.1, 0.15) is 11.6 Å². The summed E-state index contributed by atoms with van der Waals surface area (Å²) in [6.07, 6.45) is 0.374. The Kier molecular flexibility index (Phi) is 4.40.